The van der Waals surface area contributed by atoms with E-state index in [0.717, 1.165) is 109 Å². The Morgan fingerprint density at radius 3 is 0.112 bits per heavy atom. The Labute approximate surface area is 1740 Å². The van der Waals surface area contributed by atoms with Gasteiger partial charge >= 0.3 is 0 Å². The summed E-state index contributed by atoms with van der Waals surface area (Å²) >= 11 is 0. The average Bonchev–Trinajstić information content (AvgIpc) is 3.42. The van der Waals surface area contributed by atoms with E-state index in [9.17, 15) is 0 Å². The Morgan fingerprint density at radius 1 is 0.0970 bits per heavy atom. The Balaban J connectivity index is -0.00000000332. The van der Waals surface area contributed by atoms with Gasteiger partial charge in [0, 0.05) is 1100 Å². The summed E-state index contributed by atoms with van der Waals surface area (Å²) in [4.78, 5) is 0. The maximum atomic E-state index is 3.49. The van der Waals surface area contributed by atoms with Crippen molar-refractivity contribution in [2.75, 3.05) is 0 Å². The molecule has 0 saturated heterocycles. The van der Waals surface area contributed by atoms with E-state index in [1.165, 1.54) is 96.3 Å². The topological polar surface area (TPSA) is 0 Å². The fourth-order valence-corrected chi connectivity index (χ4v) is 1.77. The van der Waals surface area contributed by atoms with Gasteiger partial charge in [-0.2, -0.15) is 109 Å². The summed E-state index contributed by atoms with van der Waals surface area (Å²) in [7, 11) is 0. The normalized spacial score (nSPS) is 3.99. The third kappa shape index (κ3) is 2150. The number of rotatable bonds is 10. The summed E-state index contributed by atoms with van der Waals surface area (Å²) in [6, 6.07) is 0. The van der Waals surface area contributed by atoms with Crippen LogP contribution in [0.3, 0.4) is 0 Å². The van der Waals surface area contributed by atoms with Gasteiger partial charge in [-0.15, -0.1) is 0 Å². The largest absolute Gasteiger partial charge is 0.358 e. The van der Waals surface area contributed by atoms with Crippen LogP contribution in [-0.2, 0) is 850 Å². The van der Waals surface area contributed by atoms with Crippen molar-refractivity contribution in [2.24, 2.45) is 0 Å². The molecule has 0 N–H and O–H groups in total. The molecule has 0 fully saturated rings. The van der Waals surface area contributed by atoms with E-state index < -0.39 is 0 Å². The van der Waals surface area contributed by atoms with Crippen LogP contribution in [0.1, 0.15) is 434 Å². The third-order valence-corrected chi connectivity index (χ3v) is 3.54. The molecule has 0 amide bonds. The van der Waals surface area contributed by atoms with Gasteiger partial charge in [-0.25, -0.2) is 0 Å². The molecule has 0 bridgehead atoms. The van der Waals surface area contributed by atoms with Gasteiger partial charge in [-0.3, -0.25) is 0 Å². The second-order valence-corrected chi connectivity index (χ2v) is 15.3. The molecule has 33 heteroatoms. The van der Waals surface area contributed by atoms with Gasteiger partial charge in [-0.05, 0) is 0 Å². The molecule has 0 spiro atoms. The van der Waals surface area contributed by atoms with E-state index in [0.29, 0.717) is 0 Å². The molecule has 0 aliphatic rings. The summed E-state index contributed by atoms with van der Waals surface area (Å²) in [6.45, 7) is 128. The smallest absolute Gasteiger partial charge is 0 e. The fraction of sp³-hybridized carbons (Fsp3) is 0.644. The van der Waals surface area contributed by atoms with Crippen molar-refractivity contribution < 1.29 is 1100 Å². The van der Waals surface area contributed by atoms with Crippen LogP contribution < -0.4 is 0 Å². The van der Waals surface area contributed by atoms with Crippen molar-refractivity contribution in [2.45, 2.75) is 434 Å². The van der Waals surface area contributed by atoms with Crippen LogP contribution in [-0.4, -0.2) is 0 Å². The second-order valence-electron chi connectivity index (χ2n) is 15.3. The molecule has 0 aliphatic heterocycles. The fourth-order valence-electron chi connectivity index (χ4n) is 1.77. The first-order valence-corrected chi connectivity index (χ1v) is 35.6. The van der Waals surface area contributed by atoms with Gasteiger partial charge in [0.15, 0.2) is 0 Å². The Morgan fingerprint density at radius 2 is 0.112 bits per heavy atom. The number of hydrogen-bond donors (Lipinski definition) is 0. The Bertz CT molecular complexity index is 344. The van der Waals surface area contributed by atoms with Crippen LogP contribution in [0.4, 0.5) is 0 Å². The first-order chi connectivity index (χ1) is 39.1. The Hall–Kier alpha value is 37.1. The van der Waals surface area contributed by atoms with Gasteiger partial charge < -0.3 is 259 Å². The van der Waals surface area contributed by atoms with Crippen molar-refractivity contribution in [1.29, 1.82) is 0 Å². The number of hydrogen-bond acceptors (Lipinski definition) is 0. The van der Waals surface area contributed by atoms with Crippen LogP contribution in [0.2, 0.25) is 0 Å². The summed E-state index contributed by atoms with van der Waals surface area (Å²) < 4.78 is 0. The summed E-state index contributed by atoms with van der Waals surface area (Å²) in [6.07, 6.45) is 37.4. The van der Waals surface area contributed by atoms with Crippen molar-refractivity contribution >= 4 is 0 Å². The molecule has 0 aliphatic carbocycles. The molecule has 26 radical (unpaired) electrons. The van der Waals surface area contributed by atoms with Crippen molar-refractivity contribution in [3.63, 3.8) is 0 Å². The standard InChI is InChI=1S/5C5H12.17C3H7.3C2H6.19CH3.5Ar.2U.26Y/c5*1-3-5-4-2;17*1-3-2;3*1-2;;;;;;;;;;;;;;;;;;;;;;;;;;;;;;;;;;;;;;;;;;;;;;;;;;;;/h5*3-5H2,1-2H3;17*1,3H2,2H3;3*1-2H3;19*1H3;;;;;;;;;;;;;;;;;;;;;;;;;;;;;;;;;/q;;;;;17*-1;;;;19*-1;;;;;;;;;;;;;;;;;;;;;;;;;;;;;;;;;. The third-order valence-electron chi connectivity index (χ3n) is 3.54. The maximum Gasteiger partial charge on any atom is 0 e. The van der Waals surface area contributed by atoms with Gasteiger partial charge in [-0.1, -0.05) is 325 Å². The molecule has 0 heterocycles. The zero-order valence-electron chi connectivity index (χ0n) is 104. The molecule has 0 atom stereocenters. The zero-order valence-corrected chi connectivity index (χ0v) is 190. The predicted octanol–water partition coefficient (Wildman–Crippen LogP) is 43.5. The monoisotopic (exact) mass is 4460 g/mol. The van der Waals surface area contributed by atoms with Gasteiger partial charge in [0.25, 0.3) is 0 Å². The molecule has 134 heavy (non-hydrogen) atoms. The number of unbranched alkanes of at least 4 members (excludes halogenated alkanes) is 10. The first kappa shape index (κ1) is 559. The van der Waals surface area contributed by atoms with Crippen molar-refractivity contribution in [3.8, 4) is 0 Å². The minimum Gasteiger partial charge on any atom is -0.358 e. The SMILES string of the molecule is CC.CC.CC.CCCCC.CCCCC.CCCCC.CCCCC.CCCCC.[Ar].[Ar].[Ar].[Ar].[Ar].[CH2-]CC.[CH2-]CC.[CH2-]CC.[CH2-]CC.[CH2-]CC.[CH2-]CC.[CH2-]CC.[CH2-]CC.[CH2-]CC.[CH2-]CC.[CH2-]CC.[CH2-]CC.[CH2-]CC.[CH2-]CC.[CH2-]CC.[CH2-]CC.[CH2-]CC.[CH3-].[CH3-].[CH3-].[CH3-].[CH3-].[CH3-].[CH3-].[CH3-].[CH3-].[CH3-].[CH3-].[CH3-].[CH3-].[CH3-].[CH3-].[CH3-].[CH3-].[CH3-].[CH3-].[U].[U].[Y].[Y].[Y].[Y].[Y].[Y].[Y].[Y].[Y].[Y].[Y].[Y].[Y].[Y].[Y].[Y].[Y].[Y].[Y].[Y].[Y].[Y].[Y].[Y].[Y].[Y]. The van der Waals surface area contributed by atoms with E-state index in [1.807, 2.05) is 159 Å². The van der Waals surface area contributed by atoms with E-state index in [1.54, 1.807) is 0 Å². The molecule has 0 rings (SSSR count). The van der Waals surface area contributed by atoms with Crippen LogP contribution >= 0.6 is 0 Å². The molecular formula is C101H254Ar5U2Y26-36. The molecule has 0 aromatic heterocycles. The molecular weight excluding hydrogens is 4200 g/mol. The summed E-state index contributed by atoms with van der Waals surface area (Å²) in [5, 5.41) is 0. The summed E-state index contributed by atoms with van der Waals surface area (Å²) in [5.74, 6) is 0. The molecule has 0 aromatic rings. The minimum absolute atomic E-state index is 0. The van der Waals surface area contributed by atoms with Crippen molar-refractivity contribution in [3.05, 3.63) is 259 Å². The molecule has 0 aromatic carbocycles. The van der Waals surface area contributed by atoms with Crippen LogP contribution in [0.25, 0.3) is 0 Å². The quantitative estimate of drug-likeness (QED) is 0.191. The van der Waals surface area contributed by atoms with Crippen LogP contribution in [0, 0.1) is 510 Å². The minimum atomic E-state index is 0. The average molecular weight is 4460 g/mol. The van der Waals surface area contributed by atoms with E-state index in [-0.39, 0.29) is 1240 Å². The maximum absolute atomic E-state index is 3.49. The molecule has 820 valence electrons. The van der Waals surface area contributed by atoms with Crippen LogP contribution in [0.15, 0.2) is 0 Å². The predicted molar refractivity (Wildman–Crippen MR) is 548 cm³/mol. The second kappa shape index (κ2) is 1020. The van der Waals surface area contributed by atoms with Crippen LogP contribution in [0.5, 0.6) is 0 Å². The Kier molecular flexibility index (Phi) is 4250. The van der Waals surface area contributed by atoms with E-state index in [4.69, 9.17) is 0 Å². The van der Waals surface area contributed by atoms with Gasteiger partial charge in [0.2, 0.25) is 0 Å². The molecule has 0 nitrogen and oxygen atoms in total. The van der Waals surface area contributed by atoms with Gasteiger partial charge in [0.1, 0.15) is 0 Å². The molecule has 0 unspecified atom stereocenters. The van der Waals surface area contributed by atoms with Crippen molar-refractivity contribution in [1.82, 2.24) is 0 Å². The van der Waals surface area contributed by atoms with Gasteiger partial charge in [0.05, 0.1) is 0 Å². The molecule has 0 saturated carbocycles. The first-order valence-electron chi connectivity index (χ1n) is 35.6. The summed E-state index contributed by atoms with van der Waals surface area (Å²) in [5.41, 5.74) is 0. The van der Waals surface area contributed by atoms with E-state index in [2.05, 4.69) is 187 Å². The van der Waals surface area contributed by atoms with E-state index >= 15 is 0 Å². The zero-order chi connectivity index (χ0) is 72.6.